The first kappa shape index (κ1) is 43.9. The highest BCUT2D eigenvalue weighted by molar-refractivity contribution is 5.89. The monoisotopic (exact) mass is 816 g/mol. The molecular weight excluding hydrogens is 757 g/mol. The molecule has 0 bridgehead atoms. The van der Waals surface area contributed by atoms with Gasteiger partial charge in [0.2, 0.25) is 11.8 Å². The lowest BCUT2D eigenvalue weighted by atomic mass is 9.95. The smallest absolute Gasteiger partial charge is 0.321 e. The topological polar surface area (TPSA) is 151 Å². The van der Waals surface area contributed by atoms with Gasteiger partial charge >= 0.3 is 6.03 Å². The average Bonchev–Trinajstić information content (AvgIpc) is 3.82. The molecule has 0 saturated carbocycles. The molecule has 318 valence electrons. The highest BCUT2D eigenvalue weighted by Crippen LogP contribution is 2.24. The molecule has 6 rings (SSSR count). The maximum atomic E-state index is 14.6. The van der Waals surface area contributed by atoms with E-state index in [0.29, 0.717) is 51.9 Å². The molecule has 4 heterocycles. The number of hydrazine groups is 1. The minimum absolute atomic E-state index is 0.0435. The Kier molecular flexibility index (Phi) is 15.0. The number of carbonyl (C=O) groups excluding carboxylic acids is 4. The second kappa shape index (κ2) is 20.5. The number of likely N-dealkylation sites (tertiary alicyclic amines) is 1. The number of hydrogen-bond acceptors (Lipinski definition) is 8. The summed E-state index contributed by atoms with van der Waals surface area (Å²) in [6.07, 6.45) is 2.65. The number of aromatic nitrogens is 2. The van der Waals surface area contributed by atoms with E-state index in [2.05, 4.69) is 20.7 Å². The first-order valence-corrected chi connectivity index (χ1v) is 21.3. The molecule has 2 aliphatic heterocycles. The Morgan fingerprint density at radius 3 is 2.23 bits per heavy atom. The van der Waals surface area contributed by atoms with Crippen molar-refractivity contribution in [2.75, 3.05) is 26.2 Å². The quantitative estimate of drug-likeness (QED) is 0.107. The van der Waals surface area contributed by atoms with Gasteiger partial charge in [-0.15, -0.1) is 0 Å². The fraction of sp³-hybridized carbons (Fsp3) is 0.447. The number of amides is 5. The zero-order chi connectivity index (χ0) is 42.8. The maximum Gasteiger partial charge on any atom is 0.321 e. The Bertz CT molecular complexity index is 2050. The lowest BCUT2D eigenvalue weighted by Gasteiger charge is -2.36. The SMILES string of the molecule is CC[C@H](C)[C@@H](C(=O)NC(Cc1ccccc1)[C@@H](O)CN(Cc1ccc(-c2ccccn2)cc1)NC(=O)C(C(C)C)N1CCCC1=O)N1CCN(Cc2cccc(C)n2)C1=O. The molecule has 2 aromatic carbocycles. The van der Waals surface area contributed by atoms with Gasteiger partial charge in [-0.25, -0.2) is 9.80 Å². The van der Waals surface area contributed by atoms with Crippen LogP contribution in [0, 0.1) is 18.8 Å². The Morgan fingerprint density at radius 2 is 1.58 bits per heavy atom. The molecule has 5 amide bonds. The molecule has 2 fully saturated rings. The molecule has 60 heavy (non-hydrogen) atoms. The second-order valence-corrected chi connectivity index (χ2v) is 16.5. The van der Waals surface area contributed by atoms with Gasteiger partial charge in [-0.2, -0.15) is 0 Å². The lowest BCUT2D eigenvalue weighted by molar-refractivity contribution is -0.142. The standard InChI is InChI=1S/C47H60N8O5/c1-6-33(4)44(55-27-26-52(47(55)60)30-38-17-12-14-34(5)49-38)45(58)50-40(28-35-15-8-7-9-16-35)41(56)31-53(51-46(59)43(32(2)3)54-25-13-19-42(54)57)29-36-20-22-37(23-21-36)39-18-10-11-24-48-39/h7-12,14-18,20-24,32-33,40-41,43-44,56H,6,13,19,25-31H2,1-5H3,(H,50,58)(H,51,59)/t33-,40?,41-,43?,44-/m0/s1. The summed E-state index contributed by atoms with van der Waals surface area (Å²) in [6.45, 7) is 11.6. The van der Waals surface area contributed by atoms with Gasteiger partial charge < -0.3 is 25.1 Å². The van der Waals surface area contributed by atoms with Crippen LogP contribution in [0.25, 0.3) is 11.3 Å². The Morgan fingerprint density at radius 1 is 0.833 bits per heavy atom. The predicted octanol–water partition coefficient (Wildman–Crippen LogP) is 5.37. The fourth-order valence-corrected chi connectivity index (χ4v) is 8.27. The number of aryl methyl sites for hydroxylation is 1. The summed E-state index contributed by atoms with van der Waals surface area (Å²) >= 11 is 0. The van der Waals surface area contributed by atoms with Crippen LogP contribution in [-0.4, -0.2) is 109 Å². The summed E-state index contributed by atoms with van der Waals surface area (Å²) in [5, 5.41) is 17.1. The highest BCUT2D eigenvalue weighted by atomic mass is 16.3. The van der Waals surface area contributed by atoms with Crippen molar-refractivity contribution in [3.05, 3.63) is 120 Å². The van der Waals surface area contributed by atoms with Crippen molar-refractivity contribution in [2.45, 2.75) is 97.6 Å². The van der Waals surface area contributed by atoms with Crippen molar-refractivity contribution < 1.29 is 24.3 Å². The molecule has 0 radical (unpaired) electrons. The van der Waals surface area contributed by atoms with Crippen LogP contribution in [0.15, 0.2) is 97.2 Å². The minimum atomic E-state index is -1.16. The third kappa shape index (κ3) is 11.1. The minimum Gasteiger partial charge on any atom is -0.390 e. The van der Waals surface area contributed by atoms with Crippen molar-refractivity contribution in [1.82, 2.24) is 40.4 Å². The largest absolute Gasteiger partial charge is 0.390 e. The molecule has 0 aliphatic carbocycles. The number of aliphatic hydroxyl groups excluding tert-OH is 1. The van der Waals surface area contributed by atoms with Gasteiger partial charge in [-0.3, -0.25) is 29.8 Å². The number of aliphatic hydroxyl groups is 1. The number of pyridine rings is 2. The van der Waals surface area contributed by atoms with Crippen LogP contribution in [0.4, 0.5) is 4.79 Å². The number of benzene rings is 2. The number of urea groups is 1. The first-order chi connectivity index (χ1) is 28.9. The lowest BCUT2D eigenvalue weighted by Crippen LogP contribution is -2.59. The van der Waals surface area contributed by atoms with Gasteiger partial charge in [0, 0.05) is 56.6 Å². The van der Waals surface area contributed by atoms with Crippen LogP contribution in [-0.2, 0) is 33.9 Å². The fourth-order valence-electron chi connectivity index (χ4n) is 8.27. The van der Waals surface area contributed by atoms with E-state index in [1.54, 1.807) is 25.9 Å². The summed E-state index contributed by atoms with van der Waals surface area (Å²) in [7, 11) is 0. The van der Waals surface area contributed by atoms with Crippen LogP contribution in [0.2, 0.25) is 0 Å². The third-order valence-electron chi connectivity index (χ3n) is 11.6. The van der Waals surface area contributed by atoms with Crippen LogP contribution >= 0.6 is 0 Å². The molecule has 4 aromatic rings. The van der Waals surface area contributed by atoms with E-state index in [4.69, 9.17) is 0 Å². The van der Waals surface area contributed by atoms with Crippen LogP contribution < -0.4 is 10.7 Å². The molecule has 3 N–H and O–H groups in total. The van der Waals surface area contributed by atoms with E-state index in [1.165, 1.54) is 0 Å². The molecule has 5 atom stereocenters. The molecule has 2 aromatic heterocycles. The van der Waals surface area contributed by atoms with Gasteiger partial charge in [-0.1, -0.05) is 101 Å². The van der Waals surface area contributed by atoms with Crippen molar-refractivity contribution >= 4 is 23.8 Å². The van der Waals surface area contributed by atoms with E-state index >= 15 is 0 Å². The van der Waals surface area contributed by atoms with Crippen LogP contribution in [0.1, 0.15) is 69.5 Å². The van der Waals surface area contributed by atoms with E-state index in [-0.39, 0.29) is 48.7 Å². The van der Waals surface area contributed by atoms with Gasteiger partial charge in [0.1, 0.15) is 12.1 Å². The Labute approximate surface area is 354 Å². The summed E-state index contributed by atoms with van der Waals surface area (Å²) < 4.78 is 0. The molecule has 2 aliphatic rings. The van der Waals surface area contributed by atoms with Gasteiger partial charge in [0.05, 0.1) is 30.1 Å². The molecular formula is C47H60N8O5. The molecule has 2 unspecified atom stereocenters. The second-order valence-electron chi connectivity index (χ2n) is 16.5. The number of hydrogen-bond donors (Lipinski definition) is 3. The van der Waals surface area contributed by atoms with Crippen LogP contribution in [0.5, 0.6) is 0 Å². The molecule has 13 heteroatoms. The van der Waals surface area contributed by atoms with Crippen molar-refractivity contribution in [3.63, 3.8) is 0 Å². The molecule has 0 spiro atoms. The molecule has 13 nitrogen and oxygen atoms in total. The summed E-state index contributed by atoms with van der Waals surface area (Å²) in [4.78, 5) is 69.6. The van der Waals surface area contributed by atoms with E-state index in [9.17, 15) is 24.3 Å². The Hall–Kier alpha value is -5.66. The number of nitrogens with zero attached hydrogens (tertiary/aromatic N) is 6. The average molecular weight is 817 g/mol. The normalized spacial score (nSPS) is 16.9. The first-order valence-electron chi connectivity index (χ1n) is 21.3. The third-order valence-corrected chi connectivity index (χ3v) is 11.6. The predicted molar refractivity (Wildman–Crippen MR) is 231 cm³/mol. The van der Waals surface area contributed by atoms with E-state index in [1.807, 2.05) is 126 Å². The highest BCUT2D eigenvalue weighted by Gasteiger charge is 2.41. The summed E-state index contributed by atoms with van der Waals surface area (Å²) in [5.41, 5.74) is 8.28. The van der Waals surface area contributed by atoms with Gasteiger partial charge in [0.15, 0.2) is 0 Å². The van der Waals surface area contributed by atoms with E-state index in [0.717, 1.165) is 33.8 Å². The van der Waals surface area contributed by atoms with Crippen molar-refractivity contribution in [1.29, 1.82) is 0 Å². The zero-order valence-corrected chi connectivity index (χ0v) is 35.5. The number of rotatable bonds is 19. The van der Waals surface area contributed by atoms with Crippen molar-refractivity contribution in [3.8, 4) is 11.3 Å². The number of carbonyl (C=O) groups is 4. The van der Waals surface area contributed by atoms with Crippen LogP contribution in [0.3, 0.4) is 0 Å². The van der Waals surface area contributed by atoms with Crippen molar-refractivity contribution in [2.24, 2.45) is 11.8 Å². The zero-order valence-electron chi connectivity index (χ0n) is 35.5. The number of nitrogens with one attached hydrogen (secondary N) is 2. The van der Waals surface area contributed by atoms with Gasteiger partial charge in [0.25, 0.3) is 5.91 Å². The van der Waals surface area contributed by atoms with Gasteiger partial charge in [-0.05, 0) is 67.0 Å². The maximum absolute atomic E-state index is 14.6. The Balaban J connectivity index is 1.25. The summed E-state index contributed by atoms with van der Waals surface area (Å²) in [6, 6.07) is 26.5. The van der Waals surface area contributed by atoms with E-state index < -0.39 is 24.2 Å². The summed E-state index contributed by atoms with van der Waals surface area (Å²) in [5.74, 6) is -1.06. The molecule has 2 saturated heterocycles.